The van der Waals surface area contributed by atoms with Gasteiger partial charge < -0.3 is 10.2 Å². The zero-order valence-electron chi connectivity index (χ0n) is 11.9. The van der Waals surface area contributed by atoms with E-state index in [1.807, 2.05) is 0 Å². The van der Waals surface area contributed by atoms with Crippen LogP contribution in [0.1, 0.15) is 35.3 Å². The number of nitrogens with one attached hydrogen (secondary N) is 1. The van der Waals surface area contributed by atoms with Gasteiger partial charge in [0.2, 0.25) is 0 Å². The first-order valence-electron chi connectivity index (χ1n) is 6.56. The van der Waals surface area contributed by atoms with E-state index in [-0.39, 0.29) is 0 Å². The van der Waals surface area contributed by atoms with E-state index in [2.05, 4.69) is 55.5 Å². The Morgan fingerprint density at radius 1 is 1.47 bits per heavy atom. The fourth-order valence-electron chi connectivity index (χ4n) is 2.06. The first kappa shape index (κ1) is 14.5. The Hall–Kier alpha value is -0.910. The third-order valence-corrected chi connectivity index (χ3v) is 5.34. The molecule has 1 atom stereocenters. The van der Waals surface area contributed by atoms with Gasteiger partial charge in [0, 0.05) is 22.8 Å². The summed E-state index contributed by atoms with van der Waals surface area (Å²) in [5, 5.41) is 6.68. The molecule has 19 heavy (non-hydrogen) atoms. The van der Waals surface area contributed by atoms with Crippen molar-refractivity contribution in [3.8, 4) is 0 Å². The number of thiazole rings is 1. The van der Waals surface area contributed by atoms with E-state index < -0.39 is 0 Å². The summed E-state index contributed by atoms with van der Waals surface area (Å²) in [5.41, 5.74) is 1.14. The standard InChI is InChI=1S/C14H21N3S2/c1-5-15-10(2)13-11(3)16-14(19-13)17(4)9-12-7-6-8-18-12/h6-8,10,15H,5,9H2,1-4H3. The van der Waals surface area contributed by atoms with Crippen molar-refractivity contribution in [3.05, 3.63) is 33.0 Å². The Bertz CT molecular complexity index is 505. The van der Waals surface area contributed by atoms with E-state index >= 15 is 0 Å². The number of anilines is 1. The molecule has 2 rings (SSSR count). The molecule has 0 aromatic carbocycles. The average Bonchev–Trinajstić information content (AvgIpc) is 2.98. The minimum atomic E-state index is 0.381. The minimum absolute atomic E-state index is 0.381. The number of hydrogen-bond acceptors (Lipinski definition) is 5. The second-order valence-electron chi connectivity index (χ2n) is 4.66. The molecule has 2 aromatic heterocycles. The lowest BCUT2D eigenvalue weighted by molar-refractivity contribution is 0.603. The van der Waals surface area contributed by atoms with E-state index in [1.165, 1.54) is 9.75 Å². The molecule has 0 radical (unpaired) electrons. The Kier molecular flexibility index (Phi) is 4.96. The quantitative estimate of drug-likeness (QED) is 0.878. The highest BCUT2D eigenvalue weighted by Gasteiger charge is 2.15. The molecular weight excluding hydrogens is 274 g/mol. The van der Waals surface area contributed by atoms with Gasteiger partial charge in [-0.15, -0.1) is 22.7 Å². The van der Waals surface area contributed by atoms with Crippen molar-refractivity contribution in [1.82, 2.24) is 10.3 Å². The summed E-state index contributed by atoms with van der Waals surface area (Å²) in [6.07, 6.45) is 0. The highest BCUT2D eigenvalue weighted by atomic mass is 32.1. The largest absolute Gasteiger partial charge is 0.346 e. The zero-order chi connectivity index (χ0) is 13.8. The van der Waals surface area contributed by atoms with E-state index in [1.54, 1.807) is 22.7 Å². The van der Waals surface area contributed by atoms with E-state index in [0.717, 1.165) is 23.9 Å². The lowest BCUT2D eigenvalue weighted by Gasteiger charge is -2.14. The van der Waals surface area contributed by atoms with Gasteiger partial charge in [-0.2, -0.15) is 0 Å². The van der Waals surface area contributed by atoms with Crippen LogP contribution in [0.3, 0.4) is 0 Å². The van der Waals surface area contributed by atoms with Crippen LogP contribution in [0.15, 0.2) is 17.5 Å². The predicted molar refractivity (Wildman–Crippen MR) is 85.4 cm³/mol. The maximum atomic E-state index is 4.70. The maximum Gasteiger partial charge on any atom is 0.185 e. The monoisotopic (exact) mass is 295 g/mol. The molecule has 104 valence electrons. The van der Waals surface area contributed by atoms with Crippen LogP contribution in [-0.2, 0) is 6.54 Å². The van der Waals surface area contributed by atoms with Crippen molar-refractivity contribution in [2.75, 3.05) is 18.5 Å². The molecule has 1 unspecified atom stereocenters. The lowest BCUT2D eigenvalue weighted by atomic mass is 10.2. The second-order valence-corrected chi connectivity index (χ2v) is 6.70. The van der Waals surface area contributed by atoms with Gasteiger partial charge >= 0.3 is 0 Å². The molecule has 0 aliphatic carbocycles. The second kappa shape index (κ2) is 6.50. The molecule has 5 heteroatoms. The first-order chi connectivity index (χ1) is 9.11. The zero-order valence-corrected chi connectivity index (χ0v) is 13.6. The third-order valence-electron chi connectivity index (χ3n) is 3.02. The van der Waals surface area contributed by atoms with Gasteiger partial charge in [-0.25, -0.2) is 4.98 Å². The summed E-state index contributed by atoms with van der Waals surface area (Å²) in [4.78, 5) is 9.65. The van der Waals surface area contributed by atoms with Gasteiger partial charge in [0.1, 0.15) is 0 Å². The molecule has 0 bridgehead atoms. The van der Waals surface area contributed by atoms with E-state index in [0.29, 0.717) is 6.04 Å². The van der Waals surface area contributed by atoms with Crippen LogP contribution >= 0.6 is 22.7 Å². The molecule has 0 saturated heterocycles. The number of nitrogens with zero attached hydrogens (tertiary/aromatic N) is 2. The molecule has 0 aliphatic rings. The molecular formula is C14H21N3S2. The molecule has 3 nitrogen and oxygen atoms in total. The van der Waals surface area contributed by atoms with Gasteiger partial charge in [-0.3, -0.25) is 0 Å². The first-order valence-corrected chi connectivity index (χ1v) is 8.25. The van der Waals surface area contributed by atoms with E-state index in [4.69, 9.17) is 4.98 Å². The number of aromatic nitrogens is 1. The third kappa shape index (κ3) is 3.55. The molecule has 0 fully saturated rings. The van der Waals surface area contributed by atoms with Crippen molar-refractivity contribution < 1.29 is 0 Å². The van der Waals surface area contributed by atoms with Crippen molar-refractivity contribution in [1.29, 1.82) is 0 Å². The Labute approximate surface area is 123 Å². The highest BCUT2D eigenvalue weighted by Crippen LogP contribution is 2.31. The summed E-state index contributed by atoms with van der Waals surface area (Å²) in [7, 11) is 2.11. The van der Waals surface area contributed by atoms with Gasteiger partial charge in [-0.1, -0.05) is 13.0 Å². The molecule has 0 saturated carbocycles. The molecule has 2 aromatic rings. The van der Waals surface area contributed by atoms with Gasteiger partial charge in [-0.05, 0) is 31.8 Å². The number of thiophene rings is 1. The van der Waals surface area contributed by atoms with Crippen LogP contribution in [0.25, 0.3) is 0 Å². The minimum Gasteiger partial charge on any atom is -0.346 e. The van der Waals surface area contributed by atoms with Crippen LogP contribution in [0.2, 0.25) is 0 Å². The van der Waals surface area contributed by atoms with Gasteiger partial charge in [0.05, 0.1) is 12.2 Å². The molecule has 0 spiro atoms. The average molecular weight is 295 g/mol. The predicted octanol–water partition coefficient (Wildman–Crippen LogP) is 3.82. The normalized spacial score (nSPS) is 12.6. The topological polar surface area (TPSA) is 28.2 Å². The smallest absolute Gasteiger partial charge is 0.185 e. The Morgan fingerprint density at radius 2 is 2.26 bits per heavy atom. The van der Waals surface area contributed by atoms with Crippen LogP contribution in [0, 0.1) is 6.92 Å². The molecule has 0 amide bonds. The van der Waals surface area contributed by atoms with Crippen molar-refractivity contribution in [2.24, 2.45) is 0 Å². The van der Waals surface area contributed by atoms with Crippen LogP contribution in [0.4, 0.5) is 5.13 Å². The maximum absolute atomic E-state index is 4.70. The number of hydrogen-bond donors (Lipinski definition) is 1. The van der Waals surface area contributed by atoms with Gasteiger partial charge in [0.15, 0.2) is 5.13 Å². The summed E-state index contributed by atoms with van der Waals surface area (Å²) in [6.45, 7) is 8.35. The molecule has 2 heterocycles. The van der Waals surface area contributed by atoms with Gasteiger partial charge in [0.25, 0.3) is 0 Å². The fraction of sp³-hybridized carbons (Fsp3) is 0.500. The number of aryl methyl sites for hydroxylation is 1. The SMILES string of the molecule is CCNC(C)c1sc(N(C)Cc2cccs2)nc1C. The summed E-state index contributed by atoms with van der Waals surface area (Å²) < 4.78 is 0. The Morgan fingerprint density at radius 3 is 2.89 bits per heavy atom. The van der Waals surface area contributed by atoms with Crippen LogP contribution in [-0.4, -0.2) is 18.6 Å². The van der Waals surface area contributed by atoms with Crippen LogP contribution in [0.5, 0.6) is 0 Å². The van der Waals surface area contributed by atoms with E-state index in [9.17, 15) is 0 Å². The van der Waals surface area contributed by atoms with Crippen molar-refractivity contribution >= 4 is 27.8 Å². The summed E-state index contributed by atoms with van der Waals surface area (Å²) in [6, 6.07) is 4.65. The highest BCUT2D eigenvalue weighted by molar-refractivity contribution is 7.15. The van der Waals surface area contributed by atoms with Crippen LogP contribution < -0.4 is 10.2 Å². The summed E-state index contributed by atoms with van der Waals surface area (Å²) >= 11 is 3.59. The molecule has 0 aliphatic heterocycles. The fourth-order valence-corrected chi connectivity index (χ4v) is 3.87. The van der Waals surface area contributed by atoms with Crippen molar-refractivity contribution in [2.45, 2.75) is 33.4 Å². The lowest BCUT2D eigenvalue weighted by Crippen LogP contribution is -2.17. The number of rotatable bonds is 6. The van der Waals surface area contributed by atoms with Crippen molar-refractivity contribution in [3.63, 3.8) is 0 Å². The summed E-state index contributed by atoms with van der Waals surface area (Å²) in [5.74, 6) is 0. The Balaban J connectivity index is 2.10. The molecule has 1 N–H and O–H groups in total.